The number of fused-ring (bicyclic) bond motifs is 4. The fraction of sp³-hybridized carbons (Fsp3) is 0.0566. The number of aryl methyl sites for hydroxylation is 1. The lowest BCUT2D eigenvalue weighted by Crippen LogP contribution is -2.03. The van der Waals surface area contributed by atoms with Crippen molar-refractivity contribution in [2.75, 3.05) is 0 Å². The summed E-state index contributed by atoms with van der Waals surface area (Å²) in [5, 5.41) is 3.11. The molecule has 1 atom stereocenters. The van der Waals surface area contributed by atoms with Gasteiger partial charge < -0.3 is 4.42 Å². The molecule has 56 heavy (non-hydrogen) atoms. The first-order valence-electron chi connectivity index (χ1n) is 19.3. The van der Waals surface area contributed by atoms with Gasteiger partial charge in [0.15, 0.2) is 5.82 Å². The summed E-state index contributed by atoms with van der Waals surface area (Å²) in [5.41, 5.74) is 14.2. The fourth-order valence-corrected chi connectivity index (χ4v) is 8.14. The summed E-state index contributed by atoms with van der Waals surface area (Å²) in [5.74, 6) is 0.975. The molecule has 0 radical (unpaired) electrons. The van der Waals surface area contributed by atoms with E-state index in [0.717, 1.165) is 73.6 Å². The molecule has 2 heterocycles. The van der Waals surface area contributed by atoms with Crippen molar-refractivity contribution in [1.29, 1.82) is 0 Å². The number of para-hydroxylation sites is 2. The summed E-state index contributed by atoms with van der Waals surface area (Å²) in [4.78, 5) is 10.5. The van der Waals surface area contributed by atoms with Crippen molar-refractivity contribution in [2.45, 2.75) is 18.8 Å². The fourth-order valence-electron chi connectivity index (χ4n) is 8.14. The zero-order chi connectivity index (χ0) is 37.3. The molecule has 1 unspecified atom stereocenters. The van der Waals surface area contributed by atoms with E-state index in [1.54, 1.807) is 0 Å². The maximum atomic E-state index is 6.53. The zero-order valence-electron chi connectivity index (χ0n) is 30.8. The molecular formula is C53H38N2O. The topological polar surface area (TPSA) is 38.9 Å². The van der Waals surface area contributed by atoms with Gasteiger partial charge >= 0.3 is 0 Å². The van der Waals surface area contributed by atoms with Gasteiger partial charge in [0.2, 0.25) is 0 Å². The van der Waals surface area contributed by atoms with E-state index >= 15 is 0 Å². The first-order chi connectivity index (χ1) is 27.7. The first kappa shape index (κ1) is 33.5. The van der Waals surface area contributed by atoms with Crippen LogP contribution in [0.25, 0.3) is 77.7 Å². The molecule has 266 valence electrons. The van der Waals surface area contributed by atoms with Crippen molar-refractivity contribution in [1.82, 2.24) is 9.97 Å². The summed E-state index contributed by atoms with van der Waals surface area (Å²) < 4.78 is 6.53. The predicted molar refractivity (Wildman–Crippen MR) is 232 cm³/mol. The van der Waals surface area contributed by atoms with E-state index in [2.05, 4.69) is 176 Å². The summed E-state index contributed by atoms with van der Waals surface area (Å²) in [6.07, 6.45) is 1.97. The van der Waals surface area contributed by atoms with Crippen molar-refractivity contribution in [3.8, 4) is 44.9 Å². The highest BCUT2D eigenvalue weighted by molar-refractivity contribution is 6.13. The van der Waals surface area contributed by atoms with Gasteiger partial charge in [-0.3, -0.25) is 0 Å². The van der Waals surface area contributed by atoms with E-state index in [1.807, 2.05) is 24.3 Å². The highest BCUT2D eigenvalue weighted by Crippen LogP contribution is 2.41. The largest absolute Gasteiger partial charge is 0.456 e. The van der Waals surface area contributed by atoms with Crippen LogP contribution in [0.15, 0.2) is 205 Å². The Labute approximate surface area is 326 Å². The molecule has 0 bridgehead atoms. The Morgan fingerprint density at radius 3 is 1.75 bits per heavy atom. The van der Waals surface area contributed by atoms with Crippen molar-refractivity contribution < 1.29 is 4.42 Å². The molecule has 0 saturated carbocycles. The maximum absolute atomic E-state index is 6.53. The third-order valence-electron chi connectivity index (χ3n) is 11.0. The molecule has 8 aromatic carbocycles. The Bertz CT molecular complexity index is 2930. The van der Waals surface area contributed by atoms with Crippen LogP contribution in [0.5, 0.6) is 0 Å². The van der Waals surface area contributed by atoms with Crippen LogP contribution in [-0.2, 0) is 6.42 Å². The molecule has 0 N–H and O–H groups in total. The molecule has 0 aliphatic heterocycles. The van der Waals surface area contributed by atoms with Gasteiger partial charge in [0.25, 0.3) is 0 Å². The molecule has 0 amide bonds. The van der Waals surface area contributed by atoms with Crippen LogP contribution in [-0.4, -0.2) is 9.97 Å². The average molecular weight is 719 g/mol. The lowest BCUT2D eigenvalue weighted by molar-refractivity contribution is 0.669. The minimum atomic E-state index is 0.293. The van der Waals surface area contributed by atoms with Crippen LogP contribution in [0.4, 0.5) is 0 Å². The molecule has 2 aromatic heterocycles. The molecule has 10 rings (SSSR count). The maximum Gasteiger partial charge on any atom is 0.161 e. The molecule has 0 aliphatic carbocycles. The third-order valence-corrected chi connectivity index (χ3v) is 11.0. The van der Waals surface area contributed by atoms with Crippen molar-refractivity contribution in [3.05, 3.63) is 217 Å². The molecule has 0 fully saturated rings. The summed E-state index contributed by atoms with van der Waals surface area (Å²) in [7, 11) is 0. The minimum absolute atomic E-state index is 0.293. The van der Waals surface area contributed by atoms with E-state index in [0.29, 0.717) is 11.7 Å². The number of rotatable bonds is 9. The number of furan rings is 1. The molecule has 3 heteroatoms. The van der Waals surface area contributed by atoms with Gasteiger partial charge in [0, 0.05) is 33.2 Å². The van der Waals surface area contributed by atoms with Crippen molar-refractivity contribution in [2.24, 2.45) is 0 Å². The normalized spacial score (nSPS) is 12.0. The first-order valence-corrected chi connectivity index (χ1v) is 19.3. The second-order valence-corrected chi connectivity index (χ2v) is 14.5. The Morgan fingerprint density at radius 2 is 1.00 bits per heavy atom. The highest BCUT2D eigenvalue weighted by atomic mass is 16.3. The van der Waals surface area contributed by atoms with Gasteiger partial charge in [-0.1, -0.05) is 176 Å². The number of nitrogens with zero attached hydrogens (tertiary/aromatic N) is 2. The van der Waals surface area contributed by atoms with Crippen LogP contribution >= 0.6 is 0 Å². The van der Waals surface area contributed by atoms with Crippen molar-refractivity contribution >= 4 is 32.8 Å². The van der Waals surface area contributed by atoms with Gasteiger partial charge in [0.1, 0.15) is 11.2 Å². The second kappa shape index (κ2) is 14.6. The van der Waals surface area contributed by atoms with E-state index in [4.69, 9.17) is 14.4 Å². The third kappa shape index (κ3) is 6.44. The SMILES string of the molecule is c1ccc(-c2ccc(C(CCc3ccc(-c4cc(-c5nc(-c6ccccc6)c6ccccc6n5)c5c(c4)oc4ccccc45)cc3)c3ccccc3)cc2)cc1. The quantitative estimate of drug-likeness (QED) is 0.149. The van der Waals surface area contributed by atoms with Crippen LogP contribution < -0.4 is 0 Å². The Hall–Kier alpha value is -7.10. The second-order valence-electron chi connectivity index (χ2n) is 14.5. The van der Waals surface area contributed by atoms with Gasteiger partial charge in [-0.05, 0) is 76.1 Å². The summed E-state index contributed by atoms with van der Waals surface area (Å²) in [6.45, 7) is 0. The Balaban J connectivity index is 1.00. The van der Waals surface area contributed by atoms with E-state index in [9.17, 15) is 0 Å². The van der Waals surface area contributed by atoms with E-state index in [1.165, 1.54) is 27.8 Å². The number of aromatic nitrogens is 2. The number of benzene rings is 8. The molecular weight excluding hydrogens is 681 g/mol. The number of hydrogen-bond donors (Lipinski definition) is 0. The smallest absolute Gasteiger partial charge is 0.161 e. The van der Waals surface area contributed by atoms with Crippen LogP contribution in [0.1, 0.15) is 29.0 Å². The molecule has 0 saturated heterocycles. The lowest BCUT2D eigenvalue weighted by Gasteiger charge is -2.19. The van der Waals surface area contributed by atoms with Crippen LogP contribution in [0.2, 0.25) is 0 Å². The van der Waals surface area contributed by atoms with E-state index in [-0.39, 0.29) is 0 Å². The monoisotopic (exact) mass is 718 g/mol. The van der Waals surface area contributed by atoms with Gasteiger partial charge in [-0.25, -0.2) is 9.97 Å². The average Bonchev–Trinajstić information content (AvgIpc) is 3.66. The number of hydrogen-bond acceptors (Lipinski definition) is 3. The summed E-state index contributed by atoms with van der Waals surface area (Å²) >= 11 is 0. The van der Waals surface area contributed by atoms with Crippen LogP contribution in [0.3, 0.4) is 0 Å². The molecule has 0 spiro atoms. The predicted octanol–water partition coefficient (Wildman–Crippen LogP) is 14.0. The van der Waals surface area contributed by atoms with Gasteiger partial charge in [-0.15, -0.1) is 0 Å². The standard InChI is InChI=1S/C53H38N2O/c1-4-14-37(15-5-1)38-29-31-41(32-30-38)44(40-16-6-2-7-17-40)33-26-36-24-27-39(28-25-36)43-34-47(51-46-21-11-13-23-49(46)56-50(51)35-43)53-54-48-22-12-10-20-45(48)52(55-53)42-18-8-3-9-19-42/h1-25,27-32,34-35,44H,26,33H2. The highest BCUT2D eigenvalue weighted by Gasteiger charge is 2.20. The lowest BCUT2D eigenvalue weighted by atomic mass is 9.85. The van der Waals surface area contributed by atoms with Gasteiger partial charge in [0.05, 0.1) is 11.2 Å². The molecule has 10 aromatic rings. The minimum Gasteiger partial charge on any atom is -0.456 e. The summed E-state index contributed by atoms with van der Waals surface area (Å²) in [6, 6.07) is 70.9. The molecule has 0 aliphatic rings. The zero-order valence-corrected chi connectivity index (χ0v) is 30.8. The van der Waals surface area contributed by atoms with Crippen molar-refractivity contribution in [3.63, 3.8) is 0 Å². The molecule has 3 nitrogen and oxygen atoms in total. The van der Waals surface area contributed by atoms with E-state index < -0.39 is 0 Å². The van der Waals surface area contributed by atoms with Crippen LogP contribution in [0, 0.1) is 0 Å². The Morgan fingerprint density at radius 1 is 0.429 bits per heavy atom. The Kier molecular flexibility index (Phi) is 8.74. The van der Waals surface area contributed by atoms with Gasteiger partial charge in [-0.2, -0.15) is 0 Å².